The van der Waals surface area contributed by atoms with Gasteiger partial charge in [-0.1, -0.05) is 54.1 Å². The van der Waals surface area contributed by atoms with Crippen molar-refractivity contribution in [2.75, 3.05) is 6.26 Å². The lowest BCUT2D eigenvalue weighted by molar-refractivity contribution is 1.17. The summed E-state index contributed by atoms with van der Waals surface area (Å²) in [6.45, 7) is 0. The minimum atomic E-state index is 0.225. The van der Waals surface area contributed by atoms with Crippen molar-refractivity contribution in [3.05, 3.63) is 64.9 Å². The molecule has 3 rings (SSSR count). The van der Waals surface area contributed by atoms with Gasteiger partial charge in [0.2, 0.25) is 5.28 Å². The Bertz CT molecular complexity index is 807. The molecule has 0 atom stereocenters. The summed E-state index contributed by atoms with van der Waals surface area (Å²) in [5.74, 6) is 0. The van der Waals surface area contributed by atoms with Crippen LogP contribution >= 0.6 is 35.0 Å². The largest absolute Gasteiger partial charge is 0.223 e. The Balaban J connectivity index is 2.17. The first kappa shape index (κ1) is 15.3. The second kappa shape index (κ2) is 6.69. The fourth-order valence-corrected chi connectivity index (χ4v) is 3.47. The van der Waals surface area contributed by atoms with Crippen molar-refractivity contribution in [3.8, 4) is 22.5 Å². The molecule has 0 fully saturated rings. The Morgan fingerprint density at radius 2 is 1.59 bits per heavy atom. The maximum absolute atomic E-state index is 6.28. The molecule has 5 heteroatoms. The van der Waals surface area contributed by atoms with E-state index in [1.807, 2.05) is 60.9 Å². The molecule has 22 heavy (non-hydrogen) atoms. The summed E-state index contributed by atoms with van der Waals surface area (Å²) in [6.07, 6.45) is 1.99. The molecule has 2 aromatic carbocycles. The number of rotatable bonds is 3. The van der Waals surface area contributed by atoms with E-state index in [0.717, 1.165) is 27.4 Å². The average molecular weight is 347 g/mol. The van der Waals surface area contributed by atoms with Crippen LogP contribution in [-0.2, 0) is 0 Å². The maximum atomic E-state index is 6.28. The molecule has 0 spiro atoms. The van der Waals surface area contributed by atoms with Crippen molar-refractivity contribution >= 4 is 35.0 Å². The van der Waals surface area contributed by atoms with Gasteiger partial charge in [0.15, 0.2) is 0 Å². The van der Waals surface area contributed by atoms with Crippen molar-refractivity contribution < 1.29 is 0 Å². The fourth-order valence-electron chi connectivity index (χ4n) is 2.23. The molecule has 1 heterocycles. The maximum Gasteiger partial charge on any atom is 0.223 e. The van der Waals surface area contributed by atoms with Crippen molar-refractivity contribution in [2.24, 2.45) is 0 Å². The zero-order valence-electron chi connectivity index (χ0n) is 11.8. The van der Waals surface area contributed by atoms with Crippen LogP contribution < -0.4 is 0 Å². The molecule has 0 aliphatic rings. The summed E-state index contributed by atoms with van der Waals surface area (Å²) >= 11 is 14.0. The Labute approximate surface area is 143 Å². The lowest BCUT2D eigenvalue weighted by Crippen LogP contribution is -1.93. The molecule has 0 aliphatic carbocycles. The molecule has 110 valence electrons. The van der Waals surface area contributed by atoms with E-state index in [4.69, 9.17) is 23.2 Å². The molecular formula is C17H12Cl2N2S. The van der Waals surface area contributed by atoms with Gasteiger partial charge >= 0.3 is 0 Å². The van der Waals surface area contributed by atoms with Crippen molar-refractivity contribution in [3.63, 3.8) is 0 Å². The first-order valence-corrected chi connectivity index (χ1v) is 8.60. The van der Waals surface area contributed by atoms with E-state index in [0.29, 0.717) is 5.02 Å². The van der Waals surface area contributed by atoms with Gasteiger partial charge in [0, 0.05) is 16.0 Å². The smallest absolute Gasteiger partial charge is 0.218 e. The van der Waals surface area contributed by atoms with Crippen LogP contribution in [0.5, 0.6) is 0 Å². The molecular weight excluding hydrogens is 335 g/mol. The van der Waals surface area contributed by atoms with E-state index >= 15 is 0 Å². The highest BCUT2D eigenvalue weighted by Crippen LogP contribution is 2.36. The Kier molecular flexibility index (Phi) is 4.67. The third-order valence-electron chi connectivity index (χ3n) is 3.22. The third-order valence-corrected chi connectivity index (χ3v) is 4.66. The zero-order chi connectivity index (χ0) is 15.5. The van der Waals surface area contributed by atoms with Gasteiger partial charge < -0.3 is 0 Å². The summed E-state index contributed by atoms with van der Waals surface area (Å²) in [5, 5.41) is 0.935. The summed E-state index contributed by atoms with van der Waals surface area (Å²) in [6, 6.07) is 17.6. The highest BCUT2D eigenvalue weighted by molar-refractivity contribution is 7.98. The van der Waals surface area contributed by atoms with Gasteiger partial charge in [-0.05, 0) is 30.0 Å². The summed E-state index contributed by atoms with van der Waals surface area (Å²) in [5.41, 5.74) is 3.52. The molecule has 0 saturated carbocycles. The second-order valence-electron chi connectivity index (χ2n) is 4.59. The fraction of sp³-hybridized carbons (Fsp3) is 0.0588. The molecule has 0 saturated heterocycles. The highest BCUT2D eigenvalue weighted by Gasteiger charge is 2.12. The Hall–Kier alpha value is -1.55. The van der Waals surface area contributed by atoms with E-state index in [-0.39, 0.29) is 5.28 Å². The number of aromatic nitrogens is 2. The van der Waals surface area contributed by atoms with Gasteiger partial charge in [0.05, 0.1) is 16.4 Å². The molecule has 0 aliphatic heterocycles. The normalized spacial score (nSPS) is 10.7. The van der Waals surface area contributed by atoms with Gasteiger partial charge in [-0.2, -0.15) is 0 Å². The summed E-state index contributed by atoms with van der Waals surface area (Å²) in [4.78, 5) is 9.67. The van der Waals surface area contributed by atoms with E-state index in [2.05, 4.69) is 9.97 Å². The van der Waals surface area contributed by atoms with E-state index in [9.17, 15) is 0 Å². The number of hydrogen-bond donors (Lipinski definition) is 0. The van der Waals surface area contributed by atoms with Gasteiger partial charge in [-0.15, -0.1) is 11.8 Å². The molecule has 2 nitrogen and oxygen atoms in total. The van der Waals surface area contributed by atoms with Crippen LogP contribution in [0, 0.1) is 0 Å². The van der Waals surface area contributed by atoms with Crippen LogP contribution in [0.15, 0.2) is 59.5 Å². The summed E-state index contributed by atoms with van der Waals surface area (Å²) < 4.78 is 0. The van der Waals surface area contributed by atoms with Crippen LogP contribution in [0.25, 0.3) is 22.5 Å². The van der Waals surface area contributed by atoms with Crippen LogP contribution in [0.3, 0.4) is 0 Å². The summed E-state index contributed by atoms with van der Waals surface area (Å²) in [7, 11) is 0. The number of benzene rings is 2. The van der Waals surface area contributed by atoms with Crippen LogP contribution in [0.4, 0.5) is 0 Å². The lowest BCUT2D eigenvalue weighted by atomic mass is 10.1. The SMILES string of the molecule is CSc1c(Cl)cccc1-c1cc(-c2ccccc2)nc(Cl)n1. The van der Waals surface area contributed by atoms with Crippen molar-refractivity contribution in [1.29, 1.82) is 0 Å². The number of nitrogens with zero attached hydrogens (tertiary/aromatic N) is 2. The standard InChI is InChI=1S/C17H12Cl2N2S/c1-22-16-12(8-5-9-13(16)18)15-10-14(20-17(19)21-15)11-6-3-2-4-7-11/h2-10H,1H3. The minimum Gasteiger partial charge on any atom is -0.218 e. The van der Waals surface area contributed by atoms with E-state index in [1.165, 1.54) is 0 Å². The van der Waals surface area contributed by atoms with Crippen molar-refractivity contribution in [1.82, 2.24) is 9.97 Å². The molecule has 0 radical (unpaired) electrons. The molecule has 0 N–H and O–H groups in total. The van der Waals surface area contributed by atoms with Crippen molar-refractivity contribution in [2.45, 2.75) is 4.90 Å². The predicted octanol–water partition coefficient (Wildman–Crippen LogP) is 5.84. The number of hydrogen-bond acceptors (Lipinski definition) is 3. The lowest BCUT2D eigenvalue weighted by Gasteiger charge is -2.10. The third kappa shape index (κ3) is 3.12. The van der Waals surface area contributed by atoms with Crippen LogP contribution in [0.1, 0.15) is 0 Å². The number of thioether (sulfide) groups is 1. The predicted molar refractivity (Wildman–Crippen MR) is 94.7 cm³/mol. The van der Waals surface area contributed by atoms with Gasteiger partial charge in [0.25, 0.3) is 0 Å². The zero-order valence-corrected chi connectivity index (χ0v) is 14.1. The molecule has 0 unspecified atom stereocenters. The molecule has 0 bridgehead atoms. The van der Waals surface area contributed by atoms with Crippen LogP contribution in [0.2, 0.25) is 10.3 Å². The van der Waals surface area contributed by atoms with Crippen LogP contribution in [-0.4, -0.2) is 16.2 Å². The average Bonchev–Trinajstić information content (AvgIpc) is 2.55. The molecule has 3 aromatic rings. The topological polar surface area (TPSA) is 25.8 Å². The second-order valence-corrected chi connectivity index (χ2v) is 6.16. The number of halogens is 2. The highest BCUT2D eigenvalue weighted by atomic mass is 35.5. The quantitative estimate of drug-likeness (QED) is 0.440. The van der Waals surface area contributed by atoms with Gasteiger partial charge in [-0.3, -0.25) is 0 Å². The first-order valence-electron chi connectivity index (χ1n) is 6.62. The van der Waals surface area contributed by atoms with Gasteiger partial charge in [0.1, 0.15) is 0 Å². The minimum absolute atomic E-state index is 0.225. The first-order chi connectivity index (χ1) is 10.7. The molecule has 1 aromatic heterocycles. The van der Waals surface area contributed by atoms with Gasteiger partial charge in [-0.25, -0.2) is 9.97 Å². The van der Waals surface area contributed by atoms with E-state index in [1.54, 1.807) is 11.8 Å². The molecule has 0 amide bonds. The Morgan fingerprint density at radius 3 is 2.32 bits per heavy atom. The monoisotopic (exact) mass is 346 g/mol. The van der Waals surface area contributed by atoms with E-state index < -0.39 is 0 Å². The Morgan fingerprint density at radius 1 is 0.864 bits per heavy atom.